The number of halogens is 2. The fraction of sp³-hybridized carbons (Fsp3) is 0.269. The van der Waals surface area contributed by atoms with E-state index < -0.39 is 23.3 Å². The number of amides is 1. The Labute approximate surface area is 185 Å². The number of benzene rings is 3. The van der Waals surface area contributed by atoms with Crippen molar-refractivity contribution < 1.29 is 23.4 Å². The summed E-state index contributed by atoms with van der Waals surface area (Å²) in [4.78, 5) is 14.2. The van der Waals surface area contributed by atoms with Crippen LogP contribution in [0.25, 0.3) is 11.1 Å². The van der Waals surface area contributed by atoms with Gasteiger partial charge in [-0.3, -0.25) is 0 Å². The van der Waals surface area contributed by atoms with Crippen molar-refractivity contribution in [2.45, 2.75) is 24.4 Å². The number of aliphatic hydroxyl groups is 1. The molecule has 0 atom stereocenters. The lowest BCUT2D eigenvalue weighted by Gasteiger charge is -2.38. The maximum atomic E-state index is 14.2. The molecule has 0 unspecified atom stereocenters. The Morgan fingerprint density at radius 3 is 2.00 bits per heavy atom. The Bertz CT molecular complexity index is 1110. The Kier molecular flexibility index (Phi) is 5.18. The monoisotopic (exact) mass is 435 g/mol. The average Bonchev–Trinajstić information content (AvgIpc) is 3.11. The second kappa shape index (κ2) is 8.02. The van der Waals surface area contributed by atoms with Gasteiger partial charge >= 0.3 is 6.09 Å². The number of carbonyl (C=O) groups is 1. The van der Waals surface area contributed by atoms with Crippen LogP contribution in [0.4, 0.5) is 13.6 Å². The third kappa shape index (κ3) is 3.45. The summed E-state index contributed by atoms with van der Waals surface area (Å²) >= 11 is 0. The Morgan fingerprint density at radius 1 is 0.906 bits per heavy atom. The molecule has 5 rings (SSSR count). The molecule has 0 spiro atoms. The number of carbonyl (C=O) groups excluding carboxylic acids is 1. The van der Waals surface area contributed by atoms with Gasteiger partial charge in [0.05, 0.1) is 11.2 Å². The molecule has 2 aliphatic rings. The Balaban J connectivity index is 1.26. The molecule has 1 amide bonds. The molecule has 1 fully saturated rings. The summed E-state index contributed by atoms with van der Waals surface area (Å²) in [6.07, 6.45) is -0.410. The maximum absolute atomic E-state index is 14.2. The molecule has 6 heteroatoms. The van der Waals surface area contributed by atoms with Crippen molar-refractivity contribution in [2.24, 2.45) is 0 Å². The summed E-state index contributed by atoms with van der Waals surface area (Å²) in [6.45, 7) is 0.511. The number of hydrogen-bond acceptors (Lipinski definition) is 3. The number of hydrogen-bond donors (Lipinski definition) is 1. The van der Waals surface area contributed by atoms with E-state index >= 15 is 0 Å². The molecular weight excluding hydrogens is 412 g/mol. The molecule has 0 aromatic heterocycles. The molecule has 0 radical (unpaired) electrons. The van der Waals surface area contributed by atoms with Crippen molar-refractivity contribution in [3.8, 4) is 11.1 Å². The molecule has 1 aliphatic heterocycles. The van der Waals surface area contributed by atoms with Crippen LogP contribution in [0.2, 0.25) is 0 Å². The minimum absolute atomic E-state index is 0.0368. The van der Waals surface area contributed by atoms with E-state index in [1.807, 2.05) is 24.3 Å². The number of ether oxygens (including phenoxy) is 1. The Hall–Kier alpha value is -3.25. The van der Waals surface area contributed by atoms with Crippen LogP contribution in [0, 0.1) is 11.6 Å². The molecule has 3 aromatic rings. The molecular formula is C26H23F2NO3. The van der Waals surface area contributed by atoms with Crippen LogP contribution in [0.15, 0.2) is 66.7 Å². The van der Waals surface area contributed by atoms with Gasteiger partial charge in [-0.25, -0.2) is 13.6 Å². The second-order valence-corrected chi connectivity index (χ2v) is 8.42. The predicted octanol–water partition coefficient (Wildman–Crippen LogP) is 5.20. The quantitative estimate of drug-likeness (QED) is 0.616. The third-order valence-electron chi connectivity index (χ3n) is 6.61. The Morgan fingerprint density at radius 2 is 1.44 bits per heavy atom. The summed E-state index contributed by atoms with van der Waals surface area (Å²) in [5, 5.41) is 10.9. The van der Waals surface area contributed by atoms with Crippen LogP contribution in [0.5, 0.6) is 0 Å². The van der Waals surface area contributed by atoms with Crippen molar-refractivity contribution in [3.63, 3.8) is 0 Å². The molecule has 164 valence electrons. The highest BCUT2D eigenvalue weighted by Crippen LogP contribution is 2.44. The lowest BCUT2D eigenvalue weighted by Crippen LogP contribution is -2.46. The first-order valence-corrected chi connectivity index (χ1v) is 10.7. The van der Waals surface area contributed by atoms with Gasteiger partial charge in [0.15, 0.2) is 0 Å². The molecule has 1 heterocycles. The molecule has 1 saturated heterocycles. The van der Waals surface area contributed by atoms with Crippen LogP contribution >= 0.6 is 0 Å². The number of rotatable bonds is 3. The van der Waals surface area contributed by atoms with E-state index in [0.29, 0.717) is 0 Å². The maximum Gasteiger partial charge on any atom is 0.409 e. The van der Waals surface area contributed by atoms with E-state index in [0.717, 1.165) is 34.4 Å². The van der Waals surface area contributed by atoms with Crippen LogP contribution in [0.3, 0.4) is 0 Å². The van der Waals surface area contributed by atoms with Gasteiger partial charge in [0.1, 0.15) is 18.2 Å². The van der Waals surface area contributed by atoms with Gasteiger partial charge in [0.2, 0.25) is 0 Å². The topological polar surface area (TPSA) is 49.8 Å². The van der Waals surface area contributed by atoms with Gasteiger partial charge < -0.3 is 14.7 Å². The minimum Gasteiger partial charge on any atom is -0.448 e. The molecule has 0 bridgehead atoms. The second-order valence-electron chi connectivity index (χ2n) is 8.42. The van der Waals surface area contributed by atoms with Crippen molar-refractivity contribution in [1.82, 2.24) is 4.90 Å². The lowest BCUT2D eigenvalue weighted by molar-refractivity contribution is -0.0299. The van der Waals surface area contributed by atoms with Gasteiger partial charge in [-0.2, -0.15) is 0 Å². The smallest absolute Gasteiger partial charge is 0.409 e. The molecule has 4 nitrogen and oxygen atoms in total. The first-order chi connectivity index (χ1) is 15.5. The SMILES string of the molecule is O=C(OCC1c2ccccc2-c2ccccc21)N1CCC(O)(c2c(F)cccc2F)CC1. The van der Waals surface area contributed by atoms with Gasteiger partial charge in [-0.05, 0) is 47.2 Å². The normalized spacial score (nSPS) is 17.0. The number of likely N-dealkylation sites (tertiary alicyclic amines) is 1. The summed E-state index contributed by atoms with van der Waals surface area (Å²) in [5.74, 6) is -1.59. The molecule has 1 aliphatic carbocycles. The van der Waals surface area contributed by atoms with E-state index in [1.54, 1.807) is 0 Å². The zero-order valence-corrected chi connectivity index (χ0v) is 17.4. The molecule has 0 saturated carbocycles. The van der Waals surface area contributed by atoms with Crippen LogP contribution in [0.1, 0.15) is 35.4 Å². The highest BCUT2D eigenvalue weighted by molar-refractivity contribution is 5.79. The largest absolute Gasteiger partial charge is 0.448 e. The van der Waals surface area contributed by atoms with Crippen LogP contribution < -0.4 is 0 Å². The van der Waals surface area contributed by atoms with Gasteiger partial charge in [0.25, 0.3) is 0 Å². The first kappa shape index (κ1) is 20.6. The fourth-order valence-electron chi connectivity index (χ4n) is 4.94. The molecule has 32 heavy (non-hydrogen) atoms. The highest BCUT2D eigenvalue weighted by atomic mass is 19.1. The molecule has 3 aromatic carbocycles. The summed E-state index contributed by atoms with van der Waals surface area (Å²) < 4.78 is 34.0. The average molecular weight is 435 g/mol. The van der Waals surface area contributed by atoms with E-state index in [-0.39, 0.29) is 44.0 Å². The van der Waals surface area contributed by atoms with Gasteiger partial charge in [-0.15, -0.1) is 0 Å². The number of piperidine rings is 1. The van der Waals surface area contributed by atoms with Crippen LogP contribution in [-0.4, -0.2) is 35.8 Å². The van der Waals surface area contributed by atoms with Crippen molar-refractivity contribution in [1.29, 1.82) is 0 Å². The van der Waals surface area contributed by atoms with Crippen molar-refractivity contribution >= 4 is 6.09 Å². The minimum atomic E-state index is -1.64. The highest BCUT2D eigenvalue weighted by Gasteiger charge is 2.40. The zero-order valence-electron chi connectivity index (χ0n) is 17.4. The zero-order chi connectivity index (χ0) is 22.3. The summed E-state index contributed by atoms with van der Waals surface area (Å²) in [7, 11) is 0. The van der Waals surface area contributed by atoms with E-state index in [2.05, 4.69) is 24.3 Å². The number of fused-ring (bicyclic) bond motifs is 3. The fourth-order valence-corrected chi connectivity index (χ4v) is 4.94. The van der Waals surface area contributed by atoms with Crippen LogP contribution in [-0.2, 0) is 10.3 Å². The van der Waals surface area contributed by atoms with Crippen molar-refractivity contribution in [2.75, 3.05) is 19.7 Å². The van der Waals surface area contributed by atoms with Gasteiger partial charge in [-0.1, -0.05) is 54.6 Å². The first-order valence-electron chi connectivity index (χ1n) is 10.7. The summed E-state index contributed by atoms with van der Waals surface area (Å²) in [6, 6.07) is 19.7. The standard InChI is InChI=1S/C26H23F2NO3/c27-22-10-5-11-23(28)24(22)26(31)12-14-29(15-13-26)25(30)32-16-21-19-8-3-1-6-17(19)18-7-2-4-9-20(18)21/h1-11,21,31H,12-16H2. The van der Waals surface area contributed by atoms with Gasteiger partial charge in [0, 0.05) is 19.0 Å². The predicted molar refractivity (Wildman–Crippen MR) is 116 cm³/mol. The van der Waals surface area contributed by atoms with Crippen molar-refractivity contribution in [3.05, 3.63) is 95.1 Å². The van der Waals surface area contributed by atoms with E-state index in [1.165, 1.54) is 11.0 Å². The lowest BCUT2D eigenvalue weighted by atomic mass is 9.84. The molecule has 1 N–H and O–H groups in total. The van der Waals surface area contributed by atoms with E-state index in [9.17, 15) is 18.7 Å². The third-order valence-corrected chi connectivity index (χ3v) is 6.61. The number of nitrogens with zero attached hydrogens (tertiary/aromatic N) is 1. The van der Waals surface area contributed by atoms with E-state index in [4.69, 9.17) is 4.74 Å². The summed E-state index contributed by atoms with van der Waals surface area (Å²) in [5.41, 5.74) is 2.59.